The molecule has 4 fully saturated rings. The quantitative estimate of drug-likeness (QED) is 0.106. The molecule has 9 bridgehead atoms. The van der Waals surface area contributed by atoms with Crippen molar-refractivity contribution in [2.24, 2.45) is 52.3 Å². The second-order valence-corrected chi connectivity index (χ2v) is 24.0. The van der Waals surface area contributed by atoms with E-state index in [4.69, 9.17) is 9.47 Å². The molecular formula is C53H64N4O7S2. The van der Waals surface area contributed by atoms with Gasteiger partial charge in [-0.15, -0.1) is 0 Å². The highest BCUT2D eigenvalue weighted by atomic mass is 33.1. The van der Waals surface area contributed by atoms with Gasteiger partial charge in [0.15, 0.2) is 0 Å². The average molecular weight is 933 g/mol. The molecule has 1 spiro atoms. The zero-order valence-electron chi connectivity index (χ0n) is 38.3. The van der Waals surface area contributed by atoms with Gasteiger partial charge >= 0.3 is 11.9 Å². The number of amides is 2. The number of carbonyl (C=O) groups excluding carboxylic acids is 4. The Morgan fingerprint density at radius 1 is 0.909 bits per heavy atom. The molecule has 0 radical (unpaired) electrons. The normalized spacial score (nSPS) is 38.0. The van der Waals surface area contributed by atoms with Gasteiger partial charge < -0.3 is 30.5 Å². The Balaban J connectivity index is 1.08. The van der Waals surface area contributed by atoms with Gasteiger partial charge in [0.05, 0.1) is 22.5 Å². The summed E-state index contributed by atoms with van der Waals surface area (Å²) in [5.74, 6) is 1.18. The Hall–Kier alpha value is -3.78. The fourth-order valence-corrected chi connectivity index (χ4v) is 18.5. The number of carbonyl (C=O) groups is 4. The fraction of sp³-hybridized carbons (Fsp3) is 0.623. The highest BCUT2D eigenvalue weighted by molar-refractivity contribution is 8.77. The van der Waals surface area contributed by atoms with Gasteiger partial charge in [-0.05, 0) is 123 Å². The lowest BCUT2D eigenvalue weighted by Gasteiger charge is -2.58. The molecule has 0 aromatic rings. The van der Waals surface area contributed by atoms with E-state index in [0.717, 1.165) is 97.2 Å². The number of fused-ring (bicyclic) bond motifs is 6. The maximum absolute atomic E-state index is 15.4. The number of hydrogen-bond donors (Lipinski definition) is 4. The summed E-state index contributed by atoms with van der Waals surface area (Å²) < 4.78 is 13.5. The molecule has 14 rings (SSSR count). The molecule has 7 aliphatic heterocycles. The lowest BCUT2D eigenvalue weighted by atomic mass is 9.42. The van der Waals surface area contributed by atoms with E-state index in [-0.39, 0.29) is 76.0 Å². The van der Waals surface area contributed by atoms with Crippen LogP contribution in [0.2, 0.25) is 0 Å². The minimum atomic E-state index is -0.911. The Bertz CT molecular complexity index is 2390. The maximum Gasteiger partial charge on any atom is 0.340 e. The molecular weight excluding hydrogens is 869 g/mol. The van der Waals surface area contributed by atoms with Crippen LogP contribution in [0.25, 0.3) is 0 Å². The highest BCUT2D eigenvalue weighted by Gasteiger charge is 2.70. The molecule has 0 aromatic carbocycles. The topological polar surface area (TPSA) is 146 Å². The highest BCUT2D eigenvalue weighted by Crippen LogP contribution is 2.73. The molecule has 1 saturated heterocycles. The van der Waals surface area contributed by atoms with Gasteiger partial charge in [0, 0.05) is 60.3 Å². The first kappa shape index (κ1) is 43.5. The fourth-order valence-electron chi connectivity index (χ4n) is 15.6. The van der Waals surface area contributed by atoms with Crippen LogP contribution in [0, 0.1) is 52.3 Å². The number of nitrogens with zero attached hydrogens (tertiary/aromatic N) is 1. The molecule has 7 aliphatic carbocycles. The van der Waals surface area contributed by atoms with Gasteiger partial charge in [-0.1, -0.05) is 91.7 Å². The van der Waals surface area contributed by atoms with E-state index in [0.29, 0.717) is 43.2 Å². The van der Waals surface area contributed by atoms with Crippen LogP contribution >= 0.6 is 21.6 Å². The van der Waals surface area contributed by atoms with E-state index in [2.05, 4.69) is 47.2 Å². The number of imide groups is 1. The summed E-state index contributed by atoms with van der Waals surface area (Å²) in [5.41, 5.74) is 6.04. The largest absolute Gasteiger partial charge is 0.427 e. The number of dihydropyridines is 2. The van der Waals surface area contributed by atoms with Crippen molar-refractivity contribution in [1.82, 2.24) is 20.9 Å². The standard InChI is InChI=1S/C53H64N4O7S2/c1-3-52(21-7-8-22-52)37-14-11-30-25-35-33-19-23-53(45(35)44-42(30)47(37)64-50(44)61)38-15-12-31(29-9-5-4-6-10-29)49(55-26-28(2)58)66-65-39-16-13-34-32(20-24-54-48(34)56-39)36(43(33)46(53)51(62)63-38)27-57-40(59)17-18-41(57)60/h13,15-18,20,28-31,33,35-36,39,45,49,54-56,58H,3-12,14,19,21-27H2,1-2H3/b38-15-/t28-,30-,31-,33-,35-,36+,39-,45+,49+,53-/m0/s1. The van der Waals surface area contributed by atoms with Crippen molar-refractivity contribution in [3.8, 4) is 0 Å². The summed E-state index contributed by atoms with van der Waals surface area (Å²) in [6.07, 6.45) is 27.6. The second-order valence-electron chi connectivity index (χ2n) is 21.5. The van der Waals surface area contributed by atoms with E-state index < -0.39 is 17.4 Å². The number of esters is 2. The van der Waals surface area contributed by atoms with Crippen LogP contribution in [0.15, 0.2) is 92.8 Å². The van der Waals surface area contributed by atoms with Gasteiger partial charge in [-0.25, -0.2) is 9.59 Å². The predicted octanol–water partition coefficient (Wildman–Crippen LogP) is 8.30. The number of nitrogens with one attached hydrogen (secondary N) is 3. The van der Waals surface area contributed by atoms with Gasteiger partial charge in [-0.2, -0.15) is 0 Å². The van der Waals surface area contributed by atoms with E-state index in [1.165, 1.54) is 54.7 Å². The van der Waals surface area contributed by atoms with Crippen LogP contribution in [0.1, 0.15) is 117 Å². The Kier molecular flexibility index (Phi) is 11.0. The van der Waals surface area contributed by atoms with Crippen molar-refractivity contribution in [3.63, 3.8) is 0 Å². The number of aliphatic hydroxyl groups is 1. The first-order valence-electron chi connectivity index (χ1n) is 25.4. The van der Waals surface area contributed by atoms with Gasteiger partial charge in [-0.3, -0.25) is 14.5 Å². The van der Waals surface area contributed by atoms with Crippen molar-refractivity contribution >= 4 is 45.3 Å². The van der Waals surface area contributed by atoms with Crippen LogP contribution in [0.3, 0.4) is 0 Å². The van der Waals surface area contributed by atoms with Crippen molar-refractivity contribution in [1.29, 1.82) is 0 Å². The first-order chi connectivity index (χ1) is 32.1. The minimum absolute atomic E-state index is 0.00126. The third-order valence-electron chi connectivity index (χ3n) is 18.4. The Morgan fingerprint density at radius 3 is 2.48 bits per heavy atom. The SMILES string of the molecule is CCC1(C2=C3OC(=O)C4=C3[C@@H](CC2)C[C@H]2[C@@H]3CC[C@@]5(C6=C3[C@H](CN3C(=O)C=CC3=O)C3=CCNC7=C3C=C[C@@H](N7)SS[C@@H](NC[C@H](C)O)[C@H](C3CCCCC3)C/C=C/5OC6=O)[C@@H]42)CCCC1. The number of rotatable bonds is 8. The molecule has 13 heteroatoms. The van der Waals surface area contributed by atoms with E-state index >= 15 is 9.59 Å². The van der Waals surface area contributed by atoms with Crippen molar-refractivity contribution in [2.75, 3.05) is 19.6 Å². The lowest BCUT2D eigenvalue weighted by Crippen LogP contribution is -2.55. The molecule has 14 aliphatic rings. The monoisotopic (exact) mass is 932 g/mol. The third kappa shape index (κ3) is 6.65. The summed E-state index contributed by atoms with van der Waals surface area (Å²) in [6.45, 7) is 5.25. The first-order valence-corrected chi connectivity index (χ1v) is 27.7. The zero-order chi connectivity index (χ0) is 45.1. The smallest absolute Gasteiger partial charge is 0.340 e. The minimum Gasteiger partial charge on any atom is -0.427 e. The zero-order valence-corrected chi connectivity index (χ0v) is 40.0. The van der Waals surface area contributed by atoms with Gasteiger partial charge in [0.1, 0.15) is 22.7 Å². The lowest BCUT2D eigenvalue weighted by molar-refractivity contribution is -0.138. The summed E-state index contributed by atoms with van der Waals surface area (Å²) >= 11 is 0. The summed E-state index contributed by atoms with van der Waals surface area (Å²) in [4.78, 5) is 58.9. The molecule has 10 atom stereocenters. The number of allylic oxidation sites excluding steroid dienone is 6. The van der Waals surface area contributed by atoms with E-state index in [1.54, 1.807) is 10.8 Å². The van der Waals surface area contributed by atoms with Crippen molar-refractivity contribution in [2.45, 2.75) is 133 Å². The van der Waals surface area contributed by atoms with E-state index in [9.17, 15) is 14.7 Å². The molecule has 2 amide bonds. The van der Waals surface area contributed by atoms with Gasteiger partial charge in [0.25, 0.3) is 11.8 Å². The van der Waals surface area contributed by atoms with Crippen LogP contribution in [-0.4, -0.2) is 70.2 Å². The summed E-state index contributed by atoms with van der Waals surface area (Å²) in [7, 11) is 3.60. The molecule has 0 aromatic heterocycles. The maximum atomic E-state index is 15.4. The molecule has 11 nitrogen and oxygen atoms in total. The van der Waals surface area contributed by atoms with E-state index in [1.807, 2.05) is 17.7 Å². The van der Waals surface area contributed by atoms with Crippen LogP contribution in [0.5, 0.6) is 0 Å². The number of aliphatic hydroxyl groups excluding tert-OH is 1. The molecule has 66 heavy (non-hydrogen) atoms. The van der Waals surface area contributed by atoms with Gasteiger partial charge in [0.2, 0.25) is 0 Å². The Morgan fingerprint density at radius 2 is 1.71 bits per heavy atom. The van der Waals surface area contributed by atoms with Crippen molar-refractivity contribution < 1.29 is 33.8 Å². The van der Waals surface area contributed by atoms with Crippen molar-refractivity contribution in [3.05, 3.63) is 92.8 Å². The molecule has 4 N–H and O–H groups in total. The van der Waals surface area contributed by atoms with Crippen LogP contribution in [0.4, 0.5) is 0 Å². The molecule has 7 heterocycles. The second kappa shape index (κ2) is 16.7. The molecule has 3 saturated carbocycles. The predicted molar refractivity (Wildman–Crippen MR) is 254 cm³/mol. The van der Waals surface area contributed by atoms with Crippen LogP contribution < -0.4 is 16.0 Å². The Labute approximate surface area is 396 Å². The number of hydrogen-bond acceptors (Lipinski definition) is 12. The molecule has 350 valence electrons. The summed E-state index contributed by atoms with van der Waals surface area (Å²) in [5, 5.41) is 21.8. The third-order valence-corrected chi connectivity index (χ3v) is 21.3. The number of ether oxygens (including phenoxy) is 2. The average Bonchev–Trinajstić information content (AvgIpc) is 4.10. The molecule has 0 unspecified atom stereocenters. The summed E-state index contributed by atoms with van der Waals surface area (Å²) in [6, 6.07) is 0. The van der Waals surface area contributed by atoms with Crippen LogP contribution in [-0.2, 0) is 28.7 Å².